The summed E-state index contributed by atoms with van der Waals surface area (Å²) >= 11 is 0. The van der Waals surface area contributed by atoms with Crippen molar-refractivity contribution in [2.24, 2.45) is 5.73 Å². The number of imidazole rings is 1. The number of aryl methyl sites for hydroxylation is 1. The summed E-state index contributed by atoms with van der Waals surface area (Å²) in [5.74, 6) is 0. The van der Waals surface area contributed by atoms with Gasteiger partial charge in [0.1, 0.15) is 0 Å². The molecule has 2 N–H and O–H groups in total. The lowest BCUT2D eigenvalue weighted by molar-refractivity contribution is 0.659. The number of nitrogens with zero attached hydrogens (tertiary/aromatic N) is 4. The summed E-state index contributed by atoms with van der Waals surface area (Å²) in [5, 5.41) is 4.22. The third kappa shape index (κ3) is 1.78. The minimum Gasteiger partial charge on any atom is -0.323 e. The van der Waals surface area contributed by atoms with Gasteiger partial charge in [-0.1, -0.05) is 0 Å². The Morgan fingerprint density at radius 3 is 2.87 bits per heavy atom. The maximum absolute atomic E-state index is 5.85. The van der Waals surface area contributed by atoms with E-state index in [1.54, 1.807) is 12.5 Å². The third-order valence-corrected chi connectivity index (χ3v) is 2.36. The maximum Gasteiger partial charge on any atom is 0.0995 e. The second kappa shape index (κ2) is 3.86. The van der Waals surface area contributed by atoms with Crippen molar-refractivity contribution in [2.45, 2.75) is 26.4 Å². The van der Waals surface area contributed by atoms with Gasteiger partial charge in [-0.05, 0) is 13.8 Å². The molecule has 0 fully saturated rings. The number of hydrogen-bond donors (Lipinski definition) is 1. The van der Waals surface area contributed by atoms with Crippen molar-refractivity contribution in [1.29, 1.82) is 0 Å². The molecule has 2 aromatic rings. The normalized spacial score (nSPS) is 13.0. The summed E-state index contributed by atoms with van der Waals surface area (Å²) in [7, 11) is 0. The highest BCUT2D eigenvalue weighted by molar-refractivity contribution is 5.29. The maximum atomic E-state index is 5.85. The molecule has 0 aliphatic heterocycles. The zero-order valence-corrected chi connectivity index (χ0v) is 8.96. The number of hydrogen-bond acceptors (Lipinski definition) is 3. The SMILES string of the molecule is CCn1cc(-n2cncc2[C@@H](C)N)cn1. The molecule has 2 rings (SSSR count). The van der Waals surface area contributed by atoms with Gasteiger partial charge in [0.25, 0.3) is 0 Å². The smallest absolute Gasteiger partial charge is 0.0995 e. The van der Waals surface area contributed by atoms with Crippen LogP contribution in [0.2, 0.25) is 0 Å². The van der Waals surface area contributed by atoms with Crippen LogP contribution in [0.4, 0.5) is 0 Å². The van der Waals surface area contributed by atoms with E-state index in [4.69, 9.17) is 5.73 Å². The highest BCUT2D eigenvalue weighted by Gasteiger charge is 2.09. The van der Waals surface area contributed by atoms with Crippen molar-refractivity contribution in [1.82, 2.24) is 19.3 Å². The molecule has 5 nitrogen and oxygen atoms in total. The Morgan fingerprint density at radius 2 is 2.27 bits per heavy atom. The van der Waals surface area contributed by atoms with Crippen LogP contribution in [0.25, 0.3) is 5.69 Å². The first kappa shape index (κ1) is 9.92. The minimum atomic E-state index is -0.0301. The monoisotopic (exact) mass is 205 g/mol. The Morgan fingerprint density at radius 1 is 1.47 bits per heavy atom. The summed E-state index contributed by atoms with van der Waals surface area (Å²) in [6, 6.07) is -0.0301. The number of aromatic nitrogens is 4. The van der Waals surface area contributed by atoms with Crippen molar-refractivity contribution in [3.05, 3.63) is 30.6 Å². The number of rotatable bonds is 3. The van der Waals surface area contributed by atoms with E-state index in [1.807, 2.05) is 28.6 Å². The van der Waals surface area contributed by atoms with E-state index in [2.05, 4.69) is 17.0 Å². The molecule has 0 amide bonds. The molecule has 0 aliphatic carbocycles. The van der Waals surface area contributed by atoms with E-state index in [9.17, 15) is 0 Å². The lowest BCUT2D eigenvalue weighted by atomic mass is 10.2. The average Bonchev–Trinajstić information content (AvgIpc) is 2.85. The molecular formula is C10H15N5. The van der Waals surface area contributed by atoms with E-state index < -0.39 is 0 Å². The van der Waals surface area contributed by atoms with Crippen LogP contribution in [0.3, 0.4) is 0 Å². The highest BCUT2D eigenvalue weighted by atomic mass is 15.3. The Bertz CT molecular complexity index is 440. The first-order chi connectivity index (χ1) is 7.22. The summed E-state index contributed by atoms with van der Waals surface area (Å²) in [6.45, 7) is 4.86. The van der Waals surface area contributed by atoms with Gasteiger partial charge >= 0.3 is 0 Å². The van der Waals surface area contributed by atoms with E-state index in [1.165, 1.54) is 0 Å². The molecule has 0 bridgehead atoms. The second-order valence-electron chi connectivity index (χ2n) is 3.53. The first-order valence-electron chi connectivity index (χ1n) is 5.03. The fraction of sp³-hybridized carbons (Fsp3) is 0.400. The van der Waals surface area contributed by atoms with Gasteiger partial charge in [0.05, 0.1) is 30.1 Å². The van der Waals surface area contributed by atoms with Crippen LogP contribution in [0.1, 0.15) is 25.6 Å². The molecule has 0 aliphatic rings. The van der Waals surface area contributed by atoms with Gasteiger partial charge in [-0.2, -0.15) is 5.10 Å². The molecule has 2 heterocycles. The van der Waals surface area contributed by atoms with Crippen molar-refractivity contribution in [3.63, 3.8) is 0 Å². The second-order valence-corrected chi connectivity index (χ2v) is 3.53. The van der Waals surface area contributed by atoms with Crippen LogP contribution in [0, 0.1) is 0 Å². The summed E-state index contributed by atoms with van der Waals surface area (Å²) < 4.78 is 3.84. The molecule has 0 spiro atoms. The molecule has 0 saturated carbocycles. The molecule has 0 aromatic carbocycles. The zero-order chi connectivity index (χ0) is 10.8. The Balaban J connectivity index is 2.40. The topological polar surface area (TPSA) is 61.7 Å². The van der Waals surface area contributed by atoms with Crippen LogP contribution in [0.15, 0.2) is 24.9 Å². The standard InChI is InChI=1S/C10H15N5/c1-3-14-6-9(4-13-14)15-7-12-5-10(15)8(2)11/h4-8H,3,11H2,1-2H3/t8-/m1/s1. The largest absolute Gasteiger partial charge is 0.323 e. The average molecular weight is 205 g/mol. The Kier molecular flexibility index (Phi) is 2.55. The summed E-state index contributed by atoms with van der Waals surface area (Å²) in [4.78, 5) is 4.10. The van der Waals surface area contributed by atoms with E-state index in [0.717, 1.165) is 17.9 Å². The molecule has 0 radical (unpaired) electrons. The van der Waals surface area contributed by atoms with E-state index in [-0.39, 0.29) is 6.04 Å². The fourth-order valence-electron chi connectivity index (χ4n) is 1.51. The summed E-state index contributed by atoms with van der Waals surface area (Å²) in [5.41, 5.74) is 7.84. The van der Waals surface area contributed by atoms with Crippen LogP contribution in [-0.4, -0.2) is 19.3 Å². The molecular weight excluding hydrogens is 190 g/mol. The molecule has 1 atom stereocenters. The van der Waals surface area contributed by atoms with Gasteiger partial charge in [-0.25, -0.2) is 4.98 Å². The van der Waals surface area contributed by atoms with Crippen molar-refractivity contribution in [3.8, 4) is 5.69 Å². The van der Waals surface area contributed by atoms with E-state index >= 15 is 0 Å². The van der Waals surface area contributed by atoms with Gasteiger partial charge in [0, 0.05) is 18.8 Å². The van der Waals surface area contributed by atoms with Gasteiger partial charge in [-0.15, -0.1) is 0 Å². The Labute approximate surface area is 88.5 Å². The molecule has 2 aromatic heterocycles. The fourth-order valence-corrected chi connectivity index (χ4v) is 1.51. The lowest BCUT2D eigenvalue weighted by Crippen LogP contribution is -2.10. The van der Waals surface area contributed by atoms with Crippen LogP contribution < -0.4 is 5.73 Å². The van der Waals surface area contributed by atoms with Crippen LogP contribution >= 0.6 is 0 Å². The predicted molar refractivity (Wildman–Crippen MR) is 57.6 cm³/mol. The lowest BCUT2D eigenvalue weighted by Gasteiger charge is -2.07. The predicted octanol–water partition coefficient (Wildman–Crippen LogP) is 1.11. The summed E-state index contributed by atoms with van der Waals surface area (Å²) in [6.07, 6.45) is 7.34. The van der Waals surface area contributed by atoms with Crippen LogP contribution in [0.5, 0.6) is 0 Å². The van der Waals surface area contributed by atoms with Crippen LogP contribution in [-0.2, 0) is 6.54 Å². The Hall–Kier alpha value is -1.62. The molecule has 0 saturated heterocycles. The zero-order valence-electron chi connectivity index (χ0n) is 8.96. The molecule has 0 unspecified atom stereocenters. The molecule has 15 heavy (non-hydrogen) atoms. The minimum absolute atomic E-state index is 0.0301. The quantitative estimate of drug-likeness (QED) is 0.816. The molecule has 5 heteroatoms. The highest BCUT2D eigenvalue weighted by Crippen LogP contribution is 2.14. The van der Waals surface area contributed by atoms with Gasteiger partial charge < -0.3 is 5.73 Å². The number of nitrogens with two attached hydrogens (primary N) is 1. The third-order valence-electron chi connectivity index (χ3n) is 2.36. The van der Waals surface area contributed by atoms with Gasteiger partial charge in [-0.3, -0.25) is 9.25 Å². The van der Waals surface area contributed by atoms with Crippen molar-refractivity contribution < 1.29 is 0 Å². The first-order valence-corrected chi connectivity index (χ1v) is 5.03. The van der Waals surface area contributed by atoms with Crippen molar-refractivity contribution in [2.75, 3.05) is 0 Å². The van der Waals surface area contributed by atoms with Gasteiger partial charge in [0.2, 0.25) is 0 Å². The van der Waals surface area contributed by atoms with Gasteiger partial charge in [0.15, 0.2) is 0 Å². The van der Waals surface area contributed by atoms with Crippen molar-refractivity contribution >= 4 is 0 Å². The molecule has 80 valence electrons. The van der Waals surface area contributed by atoms with E-state index in [0.29, 0.717) is 0 Å².